The van der Waals surface area contributed by atoms with Crippen LogP contribution >= 0.6 is 0 Å². The Labute approximate surface area is 56.8 Å². The van der Waals surface area contributed by atoms with Gasteiger partial charge in [-0.05, 0) is 6.92 Å². The fraction of sp³-hybridized carbons (Fsp3) is 0.111. The van der Waals surface area contributed by atoms with Crippen LogP contribution in [0.15, 0.2) is 43.5 Å². The molecule has 0 aromatic heterocycles. The van der Waals surface area contributed by atoms with Gasteiger partial charge in [0.2, 0.25) is 0 Å². The summed E-state index contributed by atoms with van der Waals surface area (Å²) in [7, 11) is 0. The lowest BCUT2D eigenvalue weighted by Gasteiger charge is -1.82. The van der Waals surface area contributed by atoms with Crippen LogP contribution in [-0.4, -0.2) is 0 Å². The monoisotopic (exact) mass is 120 g/mol. The Hall–Kier alpha value is -1.04. The van der Waals surface area contributed by atoms with Crippen molar-refractivity contribution in [2.75, 3.05) is 0 Å². The number of hydrogen-bond acceptors (Lipinski definition) is 0. The van der Waals surface area contributed by atoms with Gasteiger partial charge in [-0.1, -0.05) is 35.9 Å². The van der Waals surface area contributed by atoms with E-state index in [-0.39, 0.29) is 0 Å². The standard InChI is InChI=1S/C7H8.C2H4/c1-7-5-3-2-4-6-7;1-2/h2-6H,1H3;1-2H2. The molecule has 0 aliphatic heterocycles. The Morgan fingerprint density at radius 2 is 1.44 bits per heavy atom. The fourth-order valence-electron chi connectivity index (χ4n) is 0.534. The van der Waals surface area contributed by atoms with Crippen molar-refractivity contribution in [2.45, 2.75) is 6.92 Å². The molecule has 1 aromatic rings. The van der Waals surface area contributed by atoms with Crippen molar-refractivity contribution in [1.82, 2.24) is 0 Å². The van der Waals surface area contributed by atoms with E-state index in [9.17, 15) is 0 Å². The van der Waals surface area contributed by atoms with E-state index in [0.717, 1.165) is 0 Å². The maximum absolute atomic E-state index is 3.00. The van der Waals surface area contributed by atoms with E-state index in [2.05, 4.69) is 32.2 Å². The molecule has 0 heteroatoms. The lowest BCUT2D eigenvalue weighted by molar-refractivity contribution is 1.48. The first-order valence-electron chi connectivity index (χ1n) is 2.91. The fourth-order valence-corrected chi connectivity index (χ4v) is 0.534. The Kier molecular flexibility index (Phi) is 4.51. The van der Waals surface area contributed by atoms with Gasteiger partial charge in [0, 0.05) is 0 Å². The second kappa shape index (κ2) is 5.10. The van der Waals surface area contributed by atoms with E-state index in [4.69, 9.17) is 0 Å². The zero-order valence-electron chi connectivity index (χ0n) is 5.80. The molecule has 0 fully saturated rings. The van der Waals surface area contributed by atoms with Gasteiger partial charge in [0.05, 0.1) is 0 Å². The molecule has 0 N–H and O–H groups in total. The minimum Gasteiger partial charge on any atom is -0.106 e. The first-order valence-corrected chi connectivity index (χ1v) is 2.91. The predicted molar refractivity (Wildman–Crippen MR) is 42.4 cm³/mol. The maximum atomic E-state index is 3.00. The zero-order valence-corrected chi connectivity index (χ0v) is 5.80. The molecule has 0 amide bonds. The molecule has 0 aliphatic carbocycles. The van der Waals surface area contributed by atoms with Crippen molar-refractivity contribution in [1.29, 1.82) is 0 Å². The molecule has 0 radical (unpaired) electrons. The lowest BCUT2D eigenvalue weighted by atomic mass is 10.2. The van der Waals surface area contributed by atoms with Crippen molar-refractivity contribution in [3.63, 3.8) is 0 Å². The highest BCUT2D eigenvalue weighted by molar-refractivity contribution is 5.11. The Morgan fingerprint density at radius 3 is 1.67 bits per heavy atom. The third-order valence-electron chi connectivity index (χ3n) is 0.940. The van der Waals surface area contributed by atoms with E-state index in [1.807, 2.05) is 18.2 Å². The van der Waals surface area contributed by atoms with Crippen LogP contribution in [0, 0.1) is 6.92 Å². The van der Waals surface area contributed by atoms with E-state index in [1.54, 1.807) is 0 Å². The highest BCUT2D eigenvalue weighted by Gasteiger charge is 1.72. The van der Waals surface area contributed by atoms with Crippen molar-refractivity contribution in [3.05, 3.63) is 49.1 Å². The summed E-state index contributed by atoms with van der Waals surface area (Å²) in [5.41, 5.74) is 1.32. The highest BCUT2D eigenvalue weighted by Crippen LogP contribution is 1.92. The first-order chi connectivity index (χ1) is 4.39. The lowest BCUT2D eigenvalue weighted by Crippen LogP contribution is -1.62. The van der Waals surface area contributed by atoms with Gasteiger partial charge in [-0.25, -0.2) is 0 Å². The molecule has 0 atom stereocenters. The van der Waals surface area contributed by atoms with E-state index in [1.165, 1.54) is 5.56 Å². The summed E-state index contributed by atoms with van der Waals surface area (Å²) in [6, 6.07) is 10.3. The molecule has 0 saturated heterocycles. The number of benzene rings is 1. The largest absolute Gasteiger partial charge is 0.106 e. The molecule has 0 unspecified atom stereocenters. The van der Waals surface area contributed by atoms with Crippen molar-refractivity contribution < 1.29 is 0 Å². The minimum absolute atomic E-state index is 1.32. The molecule has 0 heterocycles. The van der Waals surface area contributed by atoms with Crippen LogP contribution < -0.4 is 0 Å². The number of aryl methyl sites for hydroxylation is 1. The normalized spacial score (nSPS) is 7.22. The first kappa shape index (κ1) is 7.96. The molecule has 0 saturated carbocycles. The van der Waals surface area contributed by atoms with Crippen LogP contribution in [0.1, 0.15) is 5.56 Å². The molecule has 1 aromatic carbocycles. The molecule has 0 nitrogen and oxygen atoms in total. The summed E-state index contributed by atoms with van der Waals surface area (Å²) in [5.74, 6) is 0. The van der Waals surface area contributed by atoms with Gasteiger partial charge >= 0.3 is 0 Å². The van der Waals surface area contributed by atoms with Crippen LogP contribution in [-0.2, 0) is 0 Å². The molecule has 1 rings (SSSR count). The molecule has 0 bridgehead atoms. The maximum Gasteiger partial charge on any atom is -0.0398 e. The third kappa shape index (κ3) is 3.53. The van der Waals surface area contributed by atoms with Crippen LogP contribution in [0.2, 0.25) is 0 Å². The van der Waals surface area contributed by atoms with Crippen LogP contribution in [0.5, 0.6) is 0 Å². The van der Waals surface area contributed by atoms with Crippen molar-refractivity contribution in [3.8, 4) is 0 Å². The summed E-state index contributed by atoms with van der Waals surface area (Å²) in [6.07, 6.45) is 0. The Balaban J connectivity index is 0.000000291. The van der Waals surface area contributed by atoms with Crippen LogP contribution in [0.3, 0.4) is 0 Å². The van der Waals surface area contributed by atoms with Crippen molar-refractivity contribution in [2.24, 2.45) is 0 Å². The van der Waals surface area contributed by atoms with Gasteiger partial charge in [-0.3, -0.25) is 0 Å². The van der Waals surface area contributed by atoms with E-state index < -0.39 is 0 Å². The number of hydrogen-bond donors (Lipinski definition) is 0. The van der Waals surface area contributed by atoms with E-state index >= 15 is 0 Å². The molecular formula is C9H12. The SMILES string of the molecule is C=C.Cc1ccccc1. The predicted octanol–water partition coefficient (Wildman–Crippen LogP) is 2.80. The Morgan fingerprint density at radius 1 is 1.00 bits per heavy atom. The summed E-state index contributed by atoms with van der Waals surface area (Å²) < 4.78 is 0. The summed E-state index contributed by atoms with van der Waals surface area (Å²) in [4.78, 5) is 0. The molecular weight excluding hydrogens is 108 g/mol. The van der Waals surface area contributed by atoms with Gasteiger partial charge in [-0.2, -0.15) is 0 Å². The second-order valence-corrected chi connectivity index (χ2v) is 1.65. The quantitative estimate of drug-likeness (QED) is 0.462. The molecule has 9 heavy (non-hydrogen) atoms. The second-order valence-electron chi connectivity index (χ2n) is 1.65. The Bertz CT molecular complexity index is 141. The van der Waals surface area contributed by atoms with E-state index in [0.29, 0.717) is 0 Å². The van der Waals surface area contributed by atoms with Crippen molar-refractivity contribution >= 4 is 0 Å². The smallest absolute Gasteiger partial charge is 0.0398 e. The van der Waals surface area contributed by atoms with Crippen LogP contribution in [0.25, 0.3) is 0 Å². The highest BCUT2D eigenvalue weighted by atomic mass is 13.8. The molecule has 0 spiro atoms. The van der Waals surface area contributed by atoms with Gasteiger partial charge in [0.1, 0.15) is 0 Å². The van der Waals surface area contributed by atoms with Gasteiger partial charge in [0.25, 0.3) is 0 Å². The number of rotatable bonds is 0. The average Bonchev–Trinajstić information content (AvgIpc) is 1.94. The summed E-state index contributed by atoms with van der Waals surface area (Å²) in [5, 5.41) is 0. The van der Waals surface area contributed by atoms with Gasteiger partial charge in [0.15, 0.2) is 0 Å². The molecule has 48 valence electrons. The van der Waals surface area contributed by atoms with Gasteiger partial charge in [-0.15, -0.1) is 13.2 Å². The molecule has 0 aliphatic rings. The summed E-state index contributed by atoms with van der Waals surface area (Å²) >= 11 is 0. The van der Waals surface area contributed by atoms with Crippen LogP contribution in [0.4, 0.5) is 0 Å². The third-order valence-corrected chi connectivity index (χ3v) is 0.940. The summed E-state index contributed by atoms with van der Waals surface area (Å²) in [6.45, 7) is 8.08. The average molecular weight is 120 g/mol. The van der Waals surface area contributed by atoms with Gasteiger partial charge < -0.3 is 0 Å². The zero-order chi connectivity index (χ0) is 7.11. The minimum atomic E-state index is 1.32. The topological polar surface area (TPSA) is 0 Å².